The van der Waals surface area contributed by atoms with Crippen LogP contribution in [-0.4, -0.2) is 60.1 Å². The summed E-state index contributed by atoms with van der Waals surface area (Å²) in [5.74, 6) is 0.681. The lowest BCUT2D eigenvalue weighted by Crippen LogP contribution is -2.39. The van der Waals surface area contributed by atoms with Crippen molar-refractivity contribution in [1.82, 2.24) is 34.8 Å². The summed E-state index contributed by atoms with van der Waals surface area (Å²) >= 11 is 0. The van der Waals surface area contributed by atoms with Crippen LogP contribution < -0.4 is 0 Å². The Bertz CT molecular complexity index is 1270. The highest BCUT2D eigenvalue weighted by molar-refractivity contribution is 5.70. The molecule has 1 aromatic carbocycles. The summed E-state index contributed by atoms with van der Waals surface area (Å²) in [6.07, 6.45) is 15.1. The van der Waals surface area contributed by atoms with Gasteiger partial charge < -0.3 is 9.64 Å². The normalized spacial score (nSPS) is 20.5. The lowest BCUT2D eigenvalue weighted by molar-refractivity contribution is 0.132. The highest BCUT2D eigenvalue weighted by atomic mass is 16.6. The minimum atomic E-state index is -0.165. The third kappa shape index (κ3) is 3.93. The zero-order valence-corrected chi connectivity index (χ0v) is 18.7. The number of rotatable bonds is 5. The fraction of sp³-hybridized carbons (Fsp3) is 0.320. The zero-order valence-electron chi connectivity index (χ0n) is 18.7. The lowest BCUT2D eigenvalue weighted by atomic mass is 9.90. The predicted octanol–water partition coefficient (Wildman–Crippen LogP) is 4.33. The van der Waals surface area contributed by atoms with Gasteiger partial charge in [-0.1, -0.05) is 18.2 Å². The minimum absolute atomic E-state index is 0.165. The van der Waals surface area contributed by atoms with E-state index in [9.17, 15) is 4.79 Å². The molecular formula is C25H25N7O2. The lowest BCUT2D eigenvalue weighted by Gasteiger charge is -2.33. The van der Waals surface area contributed by atoms with Gasteiger partial charge >= 0.3 is 6.09 Å². The molecule has 2 aliphatic rings. The second-order valence-electron chi connectivity index (χ2n) is 8.84. The van der Waals surface area contributed by atoms with Crippen molar-refractivity contribution in [2.24, 2.45) is 0 Å². The Morgan fingerprint density at radius 3 is 2.41 bits per heavy atom. The van der Waals surface area contributed by atoms with Crippen molar-refractivity contribution in [3.8, 4) is 33.6 Å². The Morgan fingerprint density at radius 1 is 0.882 bits per heavy atom. The summed E-state index contributed by atoms with van der Waals surface area (Å²) in [7, 11) is 0. The Kier molecular flexibility index (Phi) is 5.29. The van der Waals surface area contributed by atoms with Gasteiger partial charge in [0, 0.05) is 53.1 Å². The molecule has 34 heavy (non-hydrogen) atoms. The molecule has 3 aromatic heterocycles. The van der Waals surface area contributed by atoms with E-state index in [-0.39, 0.29) is 12.1 Å². The number of cyclic esters (lactones) is 1. The molecule has 1 N–H and O–H groups in total. The Balaban J connectivity index is 1.13. The third-order valence-corrected chi connectivity index (χ3v) is 6.81. The number of ether oxygens (including phenoxy) is 1. The SMILES string of the molecule is O=C1OCCN1[C@H]1CC[C@H](n2cc(-c3cnc(-c4cccc(-c5cn[nH]c5)c4)nc3)cn2)CC1. The van der Waals surface area contributed by atoms with Crippen molar-refractivity contribution in [2.45, 2.75) is 37.8 Å². The number of carbonyl (C=O) groups is 1. The van der Waals surface area contributed by atoms with Crippen LogP contribution in [0.25, 0.3) is 33.6 Å². The van der Waals surface area contributed by atoms with Crippen molar-refractivity contribution < 1.29 is 9.53 Å². The van der Waals surface area contributed by atoms with E-state index in [2.05, 4.69) is 42.2 Å². The average molecular weight is 456 g/mol. The summed E-state index contributed by atoms with van der Waals surface area (Å²) in [6, 6.07) is 8.75. The molecule has 6 rings (SSSR count). The molecule has 1 aliphatic heterocycles. The van der Waals surface area contributed by atoms with Crippen molar-refractivity contribution in [3.05, 3.63) is 61.4 Å². The molecule has 1 aliphatic carbocycles. The monoisotopic (exact) mass is 455 g/mol. The molecule has 9 nitrogen and oxygen atoms in total. The van der Waals surface area contributed by atoms with Crippen LogP contribution in [-0.2, 0) is 4.74 Å². The van der Waals surface area contributed by atoms with Gasteiger partial charge in [0.1, 0.15) is 6.61 Å². The summed E-state index contributed by atoms with van der Waals surface area (Å²) < 4.78 is 7.15. The van der Waals surface area contributed by atoms with Crippen molar-refractivity contribution >= 4 is 6.09 Å². The smallest absolute Gasteiger partial charge is 0.410 e. The molecule has 9 heteroatoms. The molecule has 1 saturated carbocycles. The molecule has 0 bridgehead atoms. The van der Waals surface area contributed by atoms with Crippen LogP contribution in [0.2, 0.25) is 0 Å². The van der Waals surface area contributed by atoms with Gasteiger partial charge in [-0.2, -0.15) is 10.2 Å². The predicted molar refractivity (Wildman–Crippen MR) is 126 cm³/mol. The first kappa shape index (κ1) is 20.6. The van der Waals surface area contributed by atoms with Crippen molar-refractivity contribution in [1.29, 1.82) is 0 Å². The number of hydrogen-bond donors (Lipinski definition) is 1. The van der Waals surface area contributed by atoms with E-state index in [0.29, 0.717) is 25.0 Å². The molecule has 4 heterocycles. The number of nitrogens with one attached hydrogen (secondary N) is 1. The number of carbonyl (C=O) groups excluding carboxylic acids is 1. The number of benzene rings is 1. The first-order valence-electron chi connectivity index (χ1n) is 11.6. The van der Waals surface area contributed by atoms with Crippen LogP contribution in [0, 0.1) is 0 Å². The van der Waals surface area contributed by atoms with Gasteiger partial charge in [0.05, 0.1) is 25.0 Å². The Labute approximate surface area is 196 Å². The van der Waals surface area contributed by atoms with E-state index < -0.39 is 0 Å². The molecule has 0 spiro atoms. The van der Waals surface area contributed by atoms with Gasteiger partial charge in [-0.05, 0) is 37.3 Å². The van der Waals surface area contributed by atoms with Gasteiger partial charge in [0.2, 0.25) is 0 Å². The summed E-state index contributed by atoms with van der Waals surface area (Å²) in [6.45, 7) is 1.22. The summed E-state index contributed by atoms with van der Waals surface area (Å²) in [5.41, 5.74) is 5.00. The number of amides is 1. The zero-order chi connectivity index (χ0) is 22.9. The van der Waals surface area contributed by atoms with Crippen molar-refractivity contribution in [3.63, 3.8) is 0 Å². The molecule has 4 aromatic rings. The first-order chi connectivity index (χ1) is 16.7. The molecule has 172 valence electrons. The third-order valence-electron chi connectivity index (χ3n) is 6.81. The molecule has 0 radical (unpaired) electrons. The Hall–Kier alpha value is -4.01. The van der Waals surface area contributed by atoms with Crippen LogP contribution in [0.3, 0.4) is 0 Å². The number of nitrogens with zero attached hydrogens (tertiary/aromatic N) is 6. The van der Waals surface area contributed by atoms with E-state index in [1.807, 2.05) is 47.9 Å². The molecular weight excluding hydrogens is 430 g/mol. The molecule has 0 unspecified atom stereocenters. The number of aromatic nitrogens is 6. The van der Waals surface area contributed by atoms with Crippen LogP contribution in [0.15, 0.2) is 61.4 Å². The molecule has 1 saturated heterocycles. The minimum Gasteiger partial charge on any atom is -0.448 e. The van der Waals surface area contributed by atoms with Crippen LogP contribution in [0.5, 0.6) is 0 Å². The highest BCUT2D eigenvalue weighted by Gasteiger charge is 2.33. The maximum absolute atomic E-state index is 11.8. The van der Waals surface area contributed by atoms with E-state index in [0.717, 1.165) is 53.5 Å². The number of hydrogen-bond acceptors (Lipinski definition) is 6. The van der Waals surface area contributed by atoms with E-state index in [1.54, 1.807) is 6.20 Å². The number of aromatic amines is 1. The topological polar surface area (TPSA) is 102 Å². The second kappa shape index (κ2) is 8.74. The summed E-state index contributed by atoms with van der Waals surface area (Å²) in [4.78, 5) is 22.9. The summed E-state index contributed by atoms with van der Waals surface area (Å²) in [5, 5.41) is 11.5. The maximum atomic E-state index is 11.8. The van der Waals surface area contributed by atoms with Gasteiger partial charge in [0.15, 0.2) is 5.82 Å². The quantitative estimate of drug-likeness (QED) is 0.481. The van der Waals surface area contributed by atoms with Gasteiger partial charge in [0.25, 0.3) is 0 Å². The highest BCUT2D eigenvalue weighted by Crippen LogP contribution is 2.33. The second-order valence-corrected chi connectivity index (χ2v) is 8.84. The van der Waals surface area contributed by atoms with Gasteiger partial charge in [-0.15, -0.1) is 0 Å². The van der Waals surface area contributed by atoms with E-state index >= 15 is 0 Å². The van der Waals surface area contributed by atoms with Gasteiger partial charge in [-0.3, -0.25) is 9.78 Å². The standard InChI is InChI=1S/C25H25N7O2/c33-25-31(8-9-34-25)22-4-6-23(7-5-22)32-16-21(15-30-32)19-11-26-24(27-12-19)18-3-1-2-17(10-18)20-13-28-29-14-20/h1-3,10-16,22-23H,4-9H2,(H,28,29)/t22-,23-. The maximum Gasteiger partial charge on any atom is 0.410 e. The Morgan fingerprint density at radius 2 is 1.68 bits per heavy atom. The van der Waals surface area contributed by atoms with Crippen molar-refractivity contribution in [2.75, 3.05) is 13.2 Å². The van der Waals surface area contributed by atoms with Crippen LogP contribution >= 0.6 is 0 Å². The van der Waals surface area contributed by atoms with Crippen LogP contribution in [0.1, 0.15) is 31.7 Å². The van der Waals surface area contributed by atoms with Crippen LogP contribution in [0.4, 0.5) is 4.79 Å². The van der Waals surface area contributed by atoms with E-state index in [4.69, 9.17) is 4.74 Å². The van der Waals surface area contributed by atoms with E-state index in [1.165, 1.54) is 0 Å². The first-order valence-corrected chi connectivity index (χ1v) is 11.6. The average Bonchev–Trinajstić information content (AvgIpc) is 3.67. The fourth-order valence-electron chi connectivity index (χ4n) is 4.93. The molecule has 0 atom stereocenters. The number of H-pyrrole nitrogens is 1. The fourth-order valence-corrected chi connectivity index (χ4v) is 4.93. The molecule has 1 amide bonds. The largest absolute Gasteiger partial charge is 0.448 e. The van der Waals surface area contributed by atoms with Gasteiger partial charge in [-0.25, -0.2) is 14.8 Å². The molecule has 2 fully saturated rings.